The number of hydrogen-bond donors (Lipinski definition) is 2. The average molecular weight is 269 g/mol. The van der Waals surface area contributed by atoms with Crippen LogP contribution in [0.2, 0.25) is 0 Å². The first-order chi connectivity index (χ1) is 9.65. The molecule has 0 radical (unpaired) electrons. The Bertz CT molecular complexity index is 589. The summed E-state index contributed by atoms with van der Waals surface area (Å²) in [7, 11) is 0. The molecule has 0 aliphatic carbocycles. The molecule has 106 valence electrons. The Morgan fingerprint density at radius 1 is 1.20 bits per heavy atom. The second kappa shape index (κ2) is 5.41. The Morgan fingerprint density at radius 2 is 1.95 bits per heavy atom. The minimum Gasteiger partial charge on any atom is -0.348 e. The van der Waals surface area contributed by atoms with Crippen molar-refractivity contribution in [2.75, 3.05) is 6.54 Å². The van der Waals surface area contributed by atoms with E-state index in [0.29, 0.717) is 6.04 Å². The third kappa shape index (κ3) is 2.50. The van der Waals surface area contributed by atoms with Gasteiger partial charge in [0.15, 0.2) is 0 Å². The normalized spacial score (nSPS) is 18.1. The van der Waals surface area contributed by atoms with Gasteiger partial charge in [0.2, 0.25) is 0 Å². The molecule has 3 heteroatoms. The number of benzene rings is 1. The van der Waals surface area contributed by atoms with E-state index in [9.17, 15) is 0 Å². The van der Waals surface area contributed by atoms with Crippen LogP contribution in [-0.2, 0) is 12.8 Å². The lowest BCUT2D eigenvalue weighted by atomic mass is 9.92. The van der Waals surface area contributed by atoms with Crippen LogP contribution in [0.4, 0.5) is 0 Å². The number of nitrogens with one attached hydrogen (secondary N) is 2. The molecule has 1 unspecified atom stereocenters. The lowest BCUT2D eigenvalue weighted by molar-refractivity contribution is 0.464. The lowest BCUT2D eigenvalue weighted by Crippen LogP contribution is -2.30. The maximum atomic E-state index is 4.49. The standard InChI is InChI=1S/C17H23N3/c1-11-8-12(2)14(13(3)9-11)4-5-15-17-16(6-7-18-15)19-10-20-17/h8-10,15,18H,4-7H2,1-3H3,(H,19,20). The first kappa shape index (κ1) is 13.4. The third-order valence-electron chi connectivity index (χ3n) is 4.37. The molecule has 0 saturated heterocycles. The first-order valence-corrected chi connectivity index (χ1v) is 7.47. The van der Waals surface area contributed by atoms with Gasteiger partial charge in [-0.05, 0) is 50.3 Å². The molecule has 2 aromatic rings. The van der Waals surface area contributed by atoms with E-state index in [2.05, 4.69) is 48.2 Å². The molecule has 20 heavy (non-hydrogen) atoms. The predicted molar refractivity (Wildman–Crippen MR) is 82.0 cm³/mol. The second-order valence-electron chi connectivity index (χ2n) is 5.94. The quantitative estimate of drug-likeness (QED) is 0.898. The van der Waals surface area contributed by atoms with Gasteiger partial charge in [-0.25, -0.2) is 4.98 Å². The van der Waals surface area contributed by atoms with E-state index < -0.39 is 0 Å². The summed E-state index contributed by atoms with van der Waals surface area (Å²) < 4.78 is 0. The van der Waals surface area contributed by atoms with E-state index in [-0.39, 0.29) is 0 Å². The van der Waals surface area contributed by atoms with Crippen LogP contribution in [0.1, 0.15) is 46.1 Å². The smallest absolute Gasteiger partial charge is 0.0925 e. The van der Waals surface area contributed by atoms with E-state index in [4.69, 9.17) is 0 Å². The van der Waals surface area contributed by atoms with E-state index >= 15 is 0 Å². The zero-order valence-corrected chi connectivity index (χ0v) is 12.6. The summed E-state index contributed by atoms with van der Waals surface area (Å²) in [5, 5.41) is 3.60. The van der Waals surface area contributed by atoms with Gasteiger partial charge < -0.3 is 10.3 Å². The molecule has 0 spiro atoms. The monoisotopic (exact) mass is 269 g/mol. The number of H-pyrrole nitrogens is 1. The summed E-state index contributed by atoms with van der Waals surface area (Å²) in [5.74, 6) is 0. The maximum absolute atomic E-state index is 4.49. The number of fused-ring (bicyclic) bond motifs is 1. The van der Waals surface area contributed by atoms with Crippen LogP contribution < -0.4 is 5.32 Å². The van der Waals surface area contributed by atoms with Crippen molar-refractivity contribution in [3.05, 3.63) is 52.1 Å². The molecule has 1 aliphatic heterocycles. The molecule has 3 nitrogen and oxygen atoms in total. The van der Waals surface area contributed by atoms with E-state index in [1.54, 1.807) is 0 Å². The summed E-state index contributed by atoms with van der Waals surface area (Å²) in [6, 6.07) is 4.97. The molecule has 2 N–H and O–H groups in total. The van der Waals surface area contributed by atoms with Crippen molar-refractivity contribution in [3.63, 3.8) is 0 Å². The van der Waals surface area contributed by atoms with Gasteiger partial charge in [-0.3, -0.25) is 0 Å². The highest BCUT2D eigenvalue weighted by Gasteiger charge is 2.22. The van der Waals surface area contributed by atoms with Crippen molar-refractivity contribution < 1.29 is 0 Å². The third-order valence-corrected chi connectivity index (χ3v) is 4.37. The highest BCUT2D eigenvalue weighted by molar-refractivity contribution is 5.37. The highest BCUT2D eigenvalue weighted by atomic mass is 15.0. The Hall–Kier alpha value is -1.61. The largest absolute Gasteiger partial charge is 0.348 e. The molecule has 0 bridgehead atoms. The first-order valence-electron chi connectivity index (χ1n) is 7.47. The van der Waals surface area contributed by atoms with Gasteiger partial charge >= 0.3 is 0 Å². The van der Waals surface area contributed by atoms with Crippen molar-refractivity contribution in [2.24, 2.45) is 0 Å². The fourth-order valence-electron chi connectivity index (χ4n) is 3.43. The van der Waals surface area contributed by atoms with Crippen molar-refractivity contribution >= 4 is 0 Å². The van der Waals surface area contributed by atoms with Gasteiger partial charge in [-0.15, -0.1) is 0 Å². The van der Waals surface area contributed by atoms with E-state index in [1.807, 2.05) is 6.33 Å². The van der Waals surface area contributed by atoms with Gasteiger partial charge in [0.25, 0.3) is 0 Å². The minimum absolute atomic E-state index is 0.394. The minimum atomic E-state index is 0.394. The van der Waals surface area contributed by atoms with Crippen molar-refractivity contribution in [1.29, 1.82) is 0 Å². The number of rotatable bonds is 3. The Balaban J connectivity index is 1.76. The van der Waals surface area contributed by atoms with Crippen LogP contribution in [-0.4, -0.2) is 16.5 Å². The number of hydrogen-bond acceptors (Lipinski definition) is 2. The topological polar surface area (TPSA) is 40.7 Å². The molecule has 0 fully saturated rings. The number of aromatic nitrogens is 2. The number of nitrogens with zero attached hydrogens (tertiary/aromatic N) is 1. The SMILES string of the molecule is Cc1cc(C)c(CCC2NCCc3[nH]cnc32)c(C)c1. The summed E-state index contributed by atoms with van der Waals surface area (Å²) >= 11 is 0. The molecular weight excluding hydrogens is 246 g/mol. The van der Waals surface area contributed by atoms with E-state index in [0.717, 1.165) is 25.8 Å². The zero-order chi connectivity index (χ0) is 14.1. The van der Waals surface area contributed by atoms with Gasteiger partial charge in [-0.2, -0.15) is 0 Å². The molecular formula is C17H23N3. The van der Waals surface area contributed by atoms with Gasteiger partial charge in [-0.1, -0.05) is 17.7 Å². The van der Waals surface area contributed by atoms with Crippen molar-refractivity contribution in [1.82, 2.24) is 15.3 Å². The van der Waals surface area contributed by atoms with Crippen LogP contribution in [0.15, 0.2) is 18.5 Å². The fourth-order valence-corrected chi connectivity index (χ4v) is 3.43. The van der Waals surface area contributed by atoms with Gasteiger partial charge in [0.1, 0.15) is 0 Å². The lowest BCUT2D eigenvalue weighted by Gasteiger charge is -2.23. The van der Waals surface area contributed by atoms with Crippen LogP contribution in [0, 0.1) is 20.8 Å². The van der Waals surface area contributed by atoms with E-state index in [1.165, 1.54) is 33.6 Å². The summed E-state index contributed by atoms with van der Waals surface area (Å²) in [6.07, 6.45) is 5.12. The molecule has 1 aliphatic rings. The van der Waals surface area contributed by atoms with Crippen LogP contribution >= 0.6 is 0 Å². The summed E-state index contributed by atoms with van der Waals surface area (Å²) in [6.45, 7) is 7.67. The molecule has 2 heterocycles. The maximum Gasteiger partial charge on any atom is 0.0925 e. The number of aromatic amines is 1. The summed E-state index contributed by atoms with van der Waals surface area (Å²) in [5.41, 5.74) is 8.22. The average Bonchev–Trinajstić information content (AvgIpc) is 2.86. The number of aryl methyl sites for hydroxylation is 3. The van der Waals surface area contributed by atoms with Crippen LogP contribution in [0.3, 0.4) is 0 Å². The van der Waals surface area contributed by atoms with Crippen molar-refractivity contribution in [3.8, 4) is 0 Å². The fraction of sp³-hybridized carbons (Fsp3) is 0.471. The zero-order valence-electron chi connectivity index (χ0n) is 12.6. The summed E-state index contributed by atoms with van der Waals surface area (Å²) in [4.78, 5) is 7.76. The molecule has 1 aromatic heterocycles. The van der Waals surface area contributed by atoms with Crippen LogP contribution in [0.5, 0.6) is 0 Å². The molecule has 1 aromatic carbocycles. The Kier molecular flexibility index (Phi) is 3.62. The molecule has 3 rings (SSSR count). The number of imidazole rings is 1. The van der Waals surface area contributed by atoms with Crippen LogP contribution in [0.25, 0.3) is 0 Å². The van der Waals surface area contributed by atoms with Gasteiger partial charge in [0, 0.05) is 18.7 Å². The molecule has 0 amide bonds. The Morgan fingerprint density at radius 3 is 2.70 bits per heavy atom. The highest BCUT2D eigenvalue weighted by Crippen LogP contribution is 2.26. The molecule has 1 atom stereocenters. The van der Waals surface area contributed by atoms with Crippen molar-refractivity contribution in [2.45, 2.75) is 46.1 Å². The second-order valence-corrected chi connectivity index (χ2v) is 5.94. The van der Waals surface area contributed by atoms with Gasteiger partial charge in [0.05, 0.1) is 18.1 Å². The molecule has 0 saturated carbocycles. The predicted octanol–water partition coefficient (Wildman–Crippen LogP) is 3.15. The Labute approximate surface area is 120 Å².